The third-order valence-corrected chi connectivity index (χ3v) is 13.3. The van der Waals surface area contributed by atoms with Crippen LogP contribution in [-0.4, -0.2) is 243 Å². The zero-order valence-electron chi connectivity index (χ0n) is 43.3. The SMILES string of the molecule is C=C[C@@H](O)[C@H](CO)N=PN.C=C[C@@H](O)[C@H](CO[C@@H]1OC(CO)[C@@H](O[C@@H]2OC(CO)[C@H](O)[C@H](O)C2O)[C@H](O)C1O)N=PN.CC(=O)OCC1O[C@@H](C)C(OC(C)=O)C[C@@H]1O[C@@H]1OC(COC(C)=O)[C@H](C)[C@H](C)C1OC(C)=O. The molecule has 4 aliphatic rings. The summed E-state index contributed by atoms with van der Waals surface area (Å²) >= 11 is 0. The molecule has 0 aromatic rings. The molecule has 438 valence electrons. The van der Waals surface area contributed by atoms with Crippen molar-refractivity contribution in [3.8, 4) is 0 Å². The van der Waals surface area contributed by atoms with Crippen LogP contribution in [0.1, 0.15) is 54.9 Å². The zero-order chi connectivity index (χ0) is 57.6. The van der Waals surface area contributed by atoms with Gasteiger partial charge >= 0.3 is 23.9 Å². The van der Waals surface area contributed by atoms with Crippen LogP contribution in [0.5, 0.6) is 0 Å². The Morgan fingerprint density at radius 1 is 0.605 bits per heavy atom. The van der Waals surface area contributed by atoms with Gasteiger partial charge in [0.25, 0.3) is 0 Å². The van der Waals surface area contributed by atoms with E-state index in [1.165, 1.54) is 39.8 Å². The second kappa shape index (κ2) is 34.7. The molecule has 0 aliphatic carbocycles. The van der Waals surface area contributed by atoms with E-state index in [-0.39, 0.29) is 53.2 Å². The van der Waals surface area contributed by atoms with E-state index in [1.54, 1.807) is 6.92 Å². The lowest BCUT2D eigenvalue weighted by Crippen LogP contribution is -2.64. The van der Waals surface area contributed by atoms with Crippen molar-refractivity contribution in [2.75, 3.05) is 39.6 Å². The van der Waals surface area contributed by atoms with Crippen LogP contribution in [0.4, 0.5) is 0 Å². The van der Waals surface area contributed by atoms with Crippen LogP contribution in [0.15, 0.2) is 34.8 Å². The number of hydrogen-bond donors (Lipinski definition) is 12. The number of ether oxygens (including phenoxy) is 11. The molecule has 29 nitrogen and oxygen atoms in total. The number of carbonyl (C=O) groups is 4. The third kappa shape index (κ3) is 21.1. The van der Waals surface area contributed by atoms with Crippen molar-refractivity contribution < 1.29 is 122 Å². The lowest BCUT2D eigenvalue weighted by molar-refractivity contribution is -0.359. The highest BCUT2D eigenvalue weighted by molar-refractivity contribution is 7.23. The van der Waals surface area contributed by atoms with Crippen LogP contribution >= 0.6 is 17.0 Å². The van der Waals surface area contributed by atoms with Crippen molar-refractivity contribution in [3.63, 3.8) is 0 Å². The molecule has 0 aromatic heterocycles. The molecule has 0 aromatic carbocycles. The first-order valence-electron chi connectivity index (χ1n) is 24.0. The Hall–Kier alpha value is -3.20. The summed E-state index contributed by atoms with van der Waals surface area (Å²) in [5, 5.41) is 97.2. The van der Waals surface area contributed by atoms with Crippen LogP contribution in [0.25, 0.3) is 0 Å². The van der Waals surface area contributed by atoms with E-state index < -0.39 is 166 Å². The summed E-state index contributed by atoms with van der Waals surface area (Å²) in [4.78, 5) is 46.1. The fourth-order valence-corrected chi connectivity index (χ4v) is 8.70. The third-order valence-electron chi connectivity index (χ3n) is 12.4. The number of nitrogens with zero attached hydrogens (tertiary/aromatic N) is 2. The largest absolute Gasteiger partial charge is 0.463 e. The van der Waals surface area contributed by atoms with Gasteiger partial charge in [0.05, 0.1) is 74.0 Å². The molecule has 4 heterocycles. The van der Waals surface area contributed by atoms with E-state index >= 15 is 0 Å². The summed E-state index contributed by atoms with van der Waals surface area (Å²) < 4.78 is 68.7. The molecule has 8 unspecified atom stereocenters. The van der Waals surface area contributed by atoms with Crippen LogP contribution in [0.2, 0.25) is 0 Å². The summed E-state index contributed by atoms with van der Waals surface area (Å²) in [6.45, 7) is 15.6. The molecule has 0 amide bonds. The number of nitrogens with two attached hydrogens (primary N) is 2. The molecule has 23 atom stereocenters. The molecule has 0 radical (unpaired) electrons. The van der Waals surface area contributed by atoms with Crippen molar-refractivity contribution in [2.45, 2.75) is 184 Å². The maximum atomic E-state index is 11.8. The Labute approximate surface area is 443 Å². The fraction of sp³-hybridized carbons (Fsp3) is 0.822. The number of hydrogen-bond acceptors (Lipinski definition) is 27. The van der Waals surface area contributed by atoms with Gasteiger partial charge in [0.15, 0.2) is 25.0 Å². The molecule has 0 saturated carbocycles. The maximum Gasteiger partial charge on any atom is 0.303 e. The van der Waals surface area contributed by atoms with Gasteiger partial charge < -0.3 is 103 Å². The molecule has 76 heavy (non-hydrogen) atoms. The monoisotopic (exact) mass is 1140 g/mol. The highest BCUT2D eigenvalue weighted by Gasteiger charge is 2.52. The normalized spacial score (nSPS) is 36.2. The van der Waals surface area contributed by atoms with Gasteiger partial charge in [0.2, 0.25) is 0 Å². The first kappa shape index (κ1) is 68.9. The first-order valence-corrected chi connectivity index (χ1v) is 25.9. The van der Waals surface area contributed by atoms with Crippen LogP contribution in [-0.2, 0) is 71.3 Å². The minimum atomic E-state index is -1.76. The Morgan fingerprint density at radius 2 is 1.12 bits per heavy atom. The summed E-state index contributed by atoms with van der Waals surface area (Å²) in [5.74, 6) is -2.19. The molecule has 4 saturated heterocycles. The van der Waals surface area contributed by atoms with Gasteiger partial charge in [-0.2, -0.15) is 0 Å². The first-order chi connectivity index (χ1) is 35.8. The summed E-state index contributed by atoms with van der Waals surface area (Å²) in [7, 11) is 0.445. The average molecular weight is 1140 g/mol. The molecule has 4 fully saturated rings. The van der Waals surface area contributed by atoms with E-state index in [9.17, 15) is 60.0 Å². The Bertz CT molecular complexity index is 1840. The van der Waals surface area contributed by atoms with Gasteiger partial charge in [-0.25, -0.2) is 9.49 Å². The molecular formula is C45H78N4O25P2. The van der Waals surface area contributed by atoms with Crippen molar-refractivity contribution in [3.05, 3.63) is 25.3 Å². The van der Waals surface area contributed by atoms with Crippen LogP contribution < -0.4 is 11.0 Å². The van der Waals surface area contributed by atoms with Gasteiger partial charge in [-0.3, -0.25) is 30.2 Å². The fourth-order valence-electron chi connectivity index (χ4n) is 7.94. The van der Waals surface area contributed by atoms with Gasteiger partial charge in [-0.1, -0.05) is 26.0 Å². The summed E-state index contributed by atoms with van der Waals surface area (Å²) in [6, 6.07) is -1.37. The second-order valence-electron chi connectivity index (χ2n) is 17.9. The van der Waals surface area contributed by atoms with E-state index in [0.717, 1.165) is 0 Å². The molecule has 4 rings (SSSR count). The van der Waals surface area contributed by atoms with Crippen molar-refractivity contribution in [1.29, 1.82) is 0 Å². The van der Waals surface area contributed by atoms with E-state index in [1.807, 2.05) is 13.8 Å². The minimum Gasteiger partial charge on any atom is -0.463 e. The number of aliphatic hydroxyl groups excluding tert-OH is 10. The van der Waals surface area contributed by atoms with E-state index in [2.05, 4.69) is 22.6 Å². The van der Waals surface area contributed by atoms with Crippen molar-refractivity contribution in [2.24, 2.45) is 32.3 Å². The van der Waals surface area contributed by atoms with Gasteiger partial charge in [0, 0.05) is 40.0 Å². The Balaban J connectivity index is 0.000000441. The lowest BCUT2D eigenvalue weighted by atomic mass is 9.83. The highest BCUT2D eigenvalue weighted by atomic mass is 31.1. The van der Waals surface area contributed by atoms with E-state index in [0.29, 0.717) is 8.52 Å². The number of aliphatic hydroxyl groups is 10. The number of esters is 4. The molecule has 0 spiro atoms. The summed E-state index contributed by atoms with van der Waals surface area (Å²) in [6.07, 6.45) is -19.4. The maximum absolute atomic E-state index is 11.8. The quantitative estimate of drug-likeness (QED) is 0.0222. The molecular weight excluding hydrogens is 1060 g/mol. The van der Waals surface area contributed by atoms with Gasteiger partial charge in [-0.05, 0) is 12.8 Å². The van der Waals surface area contributed by atoms with Crippen LogP contribution in [0.3, 0.4) is 0 Å². The molecule has 31 heteroatoms. The number of carbonyl (C=O) groups excluding carboxylic acids is 4. The molecule has 14 N–H and O–H groups in total. The zero-order valence-corrected chi connectivity index (χ0v) is 45.1. The standard InChI is InChI=1S/C23H36O11.C17H31N2O12P.C5H11N2O2P/c1-11-12(2)22(32-17(7)27)23(34-20(11)9-28-14(4)24)33-19-8-18(31-16(6)26)13(3)30-21(19)10-29-15(5)25;1-2-7(22)6(19-32-18)5-28-16-14(27)12(25)15(9(4-21)30-16)31-17-13(26)11(24)10(23)8(3-20)29-17;1-2-5(9)4(3-8)7-10-6/h11-13,18-23H,8-10H2,1-7H3;2,6-17,20-27H,1,3-5H2,(H2,18,19);2,4-5,8-9H,1,3H2,(H2,6,7)/t11-,12+,13+,18?,19+,20?,21?,22?,23-;6-,7+,8?,9?,10-,11-,12+,13?,14?,15+,16+,17-;4-,5+/m100/s1. The lowest BCUT2D eigenvalue weighted by Gasteiger charge is -2.46. The smallest absolute Gasteiger partial charge is 0.303 e. The minimum absolute atomic E-state index is 0.0125. The predicted molar refractivity (Wildman–Crippen MR) is 262 cm³/mol. The highest BCUT2D eigenvalue weighted by Crippen LogP contribution is 2.37. The molecule has 4 aliphatic heterocycles. The van der Waals surface area contributed by atoms with Gasteiger partial charge in [0.1, 0.15) is 86.3 Å². The summed E-state index contributed by atoms with van der Waals surface area (Å²) in [5.41, 5.74) is 10.4. The predicted octanol–water partition coefficient (Wildman–Crippen LogP) is -3.02. The number of rotatable bonds is 22. The van der Waals surface area contributed by atoms with Crippen LogP contribution in [0, 0.1) is 11.8 Å². The van der Waals surface area contributed by atoms with Crippen molar-refractivity contribution >= 4 is 40.9 Å². The van der Waals surface area contributed by atoms with Gasteiger partial charge in [-0.15, -0.1) is 13.2 Å². The van der Waals surface area contributed by atoms with E-state index in [4.69, 9.17) is 73.3 Å². The second-order valence-corrected chi connectivity index (χ2v) is 18.9. The average Bonchev–Trinajstić information content (AvgIpc) is 3.37. The Morgan fingerprint density at radius 3 is 1.63 bits per heavy atom. The molecule has 0 bridgehead atoms. The van der Waals surface area contributed by atoms with Crippen molar-refractivity contribution in [1.82, 2.24) is 0 Å². The topological polar surface area (TPSA) is 449 Å². The Kier molecular flexibility index (Phi) is 31.5.